The molecule has 3 aliphatic rings. The Hall–Kier alpha value is -5.46. The lowest BCUT2D eigenvalue weighted by Crippen LogP contribution is -2.74. The van der Waals surface area contributed by atoms with Crippen molar-refractivity contribution >= 4 is 46.5 Å². The summed E-state index contributed by atoms with van der Waals surface area (Å²) < 4.78 is 12.0. The topological polar surface area (TPSA) is 194 Å². The van der Waals surface area contributed by atoms with Crippen molar-refractivity contribution in [2.45, 2.75) is 117 Å². The van der Waals surface area contributed by atoms with Crippen molar-refractivity contribution in [1.29, 1.82) is 5.26 Å². The van der Waals surface area contributed by atoms with Crippen molar-refractivity contribution in [3.63, 3.8) is 0 Å². The zero-order valence-corrected chi connectivity index (χ0v) is 40.7. The van der Waals surface area contributed by atoms with Crippen LogP contribution >= 0.6 is 11.6 Å². The van der Waals surface area contributed by atoms with Gasteiger partial charge in [-0.15, -0.1) is 0 Å². The van der Waals surface area contributed by atoms with Gasteiger partial charge in [-0.05, 0) is 90.7 Å². The van der Waals surface area contributed by atoms with E-state index in [9.17, 15) is 29.5 Å². The van der Waals surface area contributed by atoms with Gasteiger partial charge in [0.2, 0.25) is 17.7 Å². The number of anilines is 1. The van der Waals surface area contributed by atoms with E-state index in [4.69, 9.17) is 21.1 Å². The van der Waals surface area contributed by atoms with Gasteiger partial charge in [0.05, 0.1) is 16.7 Å². The molecule has 14 nitrogen and oxygen atoms in total. The van der Waals surface area contributed by atoms with Crippen LogP contribution in [0, 0.1) is 27.6 Å². The third-order valence-electron chi connectivity index (χ3n) is 13.2. The number of rotatable bonds is 19. The van der Waals surface area contributed by atoms with Gasteiger partial charge >= 0.3 is 0 Å². The zero-order valence-electron chi connectivity index (χ0n) is 40.0. The van der Waals surface area contributed by atoms with Crippen LogP contribution in [0.15, 0.2) is 72.8 Å². The first-order valence-electron chi connectivity index (χ1n) is 23.4. The van der Waals surface area contributed by atoms with Crippen molar-refractivity contribution < 1.29 is 33.8 Å². The van der Waals surface area contributed by atoms with Crippen LogP contribution in [0.3, 0.4) is 0 Å². The van der Waals surface area contributed by atoms with Gasteiger partial charge < -0.3 is 46.1 Å². The molecule has 1 saturated heterocycles. The fraction of sp³-hybridized carbons (Fsp3) is 0.519. The van der Waals surface area contributed by atoms with Crippen LogP contribution in [0.25, 0.3) is 5.57 Å². The molecule has 1 aliphatic carbocycles. The van der Waals surface area contributed by atoms with Crippen molar-refractivity contribution in [3.05, 3.63) is 100 Å². The maximum Gasteiger partial charge on any atom is 0.251 e. The Kier molecular flexibility index (Phi) is 16.8. The number of carbonyl (C=O) groups excluding carboxylic acids is 4. The number of carbonyl (C=O) groups is 4. The maximum atomic E-state index is 14.0. The fourth-order valence-electron chi connectivity index (χ4n) is 9.80. The number of aliphatic hydroxyl groups excluding tert-OH is 1. The Labute approximate surface area is 400 Å². The molecule has 0 aromatic heterocycles. The lowest BCUT2D eigenvalue weighted by Gasteiger charge is -2.63. The van der Waals surface area contributed by atoms with Gasteiger partial charge in [0.15, 0.2) is 0 Å². The number of β-amino-alcohol motifs (C(OH)–C–C–N with tert-alkyl or cyclic N) is 1. The summed E-state index contributed by atoms with van der Waals surface area (Å²) in [6, 6.07) is 20.6. The fourth-order valence-corrected chi connectivity index (χ4v) is 10.0. The molecule has 2 heterocycles. The molecule has 0 bridgehead atoms. The van der Waals surface area contributed by atoms with Crippen molar-refractivity contribution in [1.82, 2.24) is 26.2 Å². The molecule has 0 radical (unpaired) electrons. The van der Waals surface area contributed by atoms with Crippen LogP contribution in [0.1, 0.15) is 108 Å². The summed E-state index contributed by atoms with van der Waals surface area (Å²) in [5, 5.41) is 35.9. The predicted molar refractivity (Wildman–Crippen MR) is 260 cm³/mol. The molecule has 6 N–H and O–H groups in total. The number of halogens is 1. The first kappa shape index (κ1) is 50.9. The van der Waals surface area contributed by atoms with Gasteiger partial charge in [0.25, 0.3) is 5.91 Å². The quantitative estimate of drug-likeness (QED) is 0.0713. The molecule has 3 atom stereocenters. The van der Waals surface area contributed by atoms with Crippen molar-refractivity contribution in [3.8, 4) is 11.8 Å². The molecule has 4 amide bonds. The second kappa shape index (κ2) is 22.1. The standard InChI is InChI=1S/C52H68ClN7O7/c1-50(2,3)44(47(65)60-31-39(61)27-42(60)46(64)57-30-33-11-13-34(14-12-33)35-21-24-55-25-22-35)58-43(62)32-66-26-10-8-9-23-56-38-18-15-36(16-19-38)45(63)59-48-51(4,5)49(52(48,6)7)67-40-20-17-37(29-54)41(53)28-40/h11-21,28,39,42,44,48-49,55-56,61H,8-10,22-27,30-32H2,1-7H3,(H,57,64)(H,58,62)(H,59,63)/t39-,42+,44-,48-,49-/m1/s1. The normalized spacial score (nSPS) is 21.2. The molecule has 1 saturated carbocycles. The summed E-state index contributed by atoms with van der Waals surface area (Å²) in [7, 11) is 0. The lowest BCUT2D eigenvalue weighted by molar-refractivity contribution is -0.164. The largest absolute Gasteiger partial charge is 0.489 e. The third-order valence-corrected chi connectivity index (χ3v) is 13.6. The Morgan fingerprint density at radius 2 is 1.70 bits per heavy atom. The number of aliphatic hydroxyl groups is 1. The Balaban J connectivity index is 0.875. The number of benzene rings is 3. The first-order chi connectivity index (χ1) is 31.8. The monoisotopic (exact) mass is 937 g/mol. The number of unbranched alkanes of at least 4 members (excludes halogenated alkanes) is 2. The molecule has 15 heteroatoms. The molecule has 3 aromatic rings. The predicted octanol–water partition coefficient (Wildman–Crippen LogP) is 6.61. The smallest absolute Gasteiger partial charge is 0.251 e. The van der Waals surface area contributed by atoms with Crippen LogP contribution in [-0.4, -0.2) is 103 Å². The van der Waals surface area contributed by atoms with Gasteiger partial charge in [0, 0.05) is 73.4 Å². The Morgan fingerprint density at radius 3 is 2.34 bits per heavy atom. The average molecular weight is 939 g/mol. The summed E-state index contributed by atoms with van der Waals surface area (Å²) in [5.41, 5.74) is 3.81. The highest BCUT2D eigenvalue weighted by Crippen LogP contribution is 2.55. The van der Waals surface area contributed by atoms with E-state index in [0.29, 0.717) is 35.1 Å². The molecule has 3 aromatic carbocycles. The number of nitrogens with zero attached hydrogens (tertiary/aromatic N) is 2. The number of nitrogens with one attached hydrogen (secondary N) is 5. The molecule has 6 rings (SSSR count). The molecular weight excluding hydrogens is 870 g/mol. The second-order valence-electron chi connectivity index (χ2n) is 20.3. The number of amides is 4. The second-order valence-corrected chi connectivity index (χ2v) is 20.7. The average Bonchev–Trinajstić information content (AvgIpc) is 3.70. The van der Waals surface area contributed by atoms with E-state index in [1.54, 1.807) is 30.3 Å². The molecule has 67 heavy (non-hydrogen) atoms. The number of ether oxygens (including phenoxy) is 2. The summed E-state index contributed by atoms with van der Waals surface area (Å²) >= 11 is 6.24. The Morgan fingerprint density at radius 1 is 0.985 bits per heavy atom. The van der Waals surface area contributed by atoms with E-state index in [0.717, 1.165) is 55.6 Å². The Bertz CT molecular complexity index is 2290. The van der Waals surface area contributed by atoms with Crippen LogP contribution in [0.5, 0.6) is 5.75 Å². The molecule has 0 unspecified atom stereocenters. The lowest BCUT2D eigenvalue weighted by atomic mass is 9.49. The van der Waals surface area contributed by atoms with Crippen molar-refractivity contribution in [2.75, 3.05) is 44.7 Å². The van der Waals surface area contributed by atoms with E-state index in [1.807, 2.05) is 45.0 Å². The van der Waals surface area contributed by atoms with Crippen LogP contribution in [0.2, 0.25) is 5.02 Å². The highest BCUT2D eigenvalue weighted by atomic mass is 35.5. The summed E-state index contributed by atoms with van der Waals surface area (Å²) in [6.45, 7) is 16.8. The minimum atomic E-state index is -0.937. The zero-order chi connectivity index (χ0) is 48.5. The highest BCUT2D eigenvalue weighted by molar-refractivity contribution is 6.31. The minimum absolute atomic E-state index is 0.00178. The number of likely N-dealkylation sites (tertiary alicyclic amines) is 1. The summed E-state index contributed by atoms with van der Waals surface area (Å²) in [5.74, 6) is -0.778. The number of nitriles is 1. The van der Waals surface area contributed by atoms with Gasteiger partial charge in [-0.3, -0.25) is 19.2 Å². The maximum absolute atomic E-state index is 14.0. The summed E-state index contributed by atoms with van der Waals surface area (Å²) in [4.78, 5) is 55.3. The van der Waals surface area contributed by atoms with Crippen LogP contribution in [0.4, 0.5) is 5.69 Å². The highest BCUT2D eigenvalue weighted by Gasteiger charge is 2.64. The molecule has 2 aliphatic heterocycles. The number of hydrogen-bond acceptors (Lipinski definition) is 10. The van der Waals surface area contributed by atoms with Crippen LogP contribution < -0.4 is 31.3 Å². The van der Waals surface area contributed by atoms with E-state index < -0.39 is 35.4 Å². The molecular formula is C52H68ClN7O7. The van der Waals surface area contributed by atoms with Gasteiger partial charge in [-0.25, -0.2) is 0 Å². The van der Waals surface area contributed by atoms with E-state index in [1.165, 1.54) is 10.5 Å². The third kappa shape index (κ3) is 12.8. The summed E-state index contributed by atoms with van der Waals surface area (Å²) in [6.07, 6.45) is 4.67. The van der Waals surface area contributed by atoms with E-state index >= 15 is 0 Å². The molecule has 360 valence electrons. The molecule has 2 fully saturated rings. The van der Waals surface area contributed by atoms with E-state index in [-0.39, 0.29) is 60.9 Å². The van der Waals surface area contributed by atoms with Gasteiger partial charge in [-0.1, -0.05) is 90.4 Å². The SMILES string of the molecule is CC(C)(C)[C@H](NC(=O)COCCCCCNc1ccc(C(=O)N[C@H]2C(C)(C)[C@H](Oc3ccc(C#N)c(Cl)c3)C2(C)C)cc1)C(=O)N1C[C@H](O)C[C@H]1C(=O)NCc1ccc(C2=CCNCC2)cc1. The van der Waals surface area contributed by atoms with E-state index in [2.05, 4.69) is 78.6 Å². The number of hydrogen-bond donors (Lipinski definition) is 6. The minimum Gasteiger partial charge on any atom is -0.489 e. The molecule has 0 spiro atoms. The first-order valence-corrected chi connectivity index (χ1v) is 23.8. The van der Waals surface area contributed by atoms with Crippen molar-refractivity contribution in [2.24, 2.45) is 16.2 Å². The van der Waals surface area contributed by atoms with Gasteiger partial charge in [-0.2, -0.15) is 5.26 Å². The van der Waals surface area contributed by atoms with Gasteiger partial charge in [0.1, 0.15) is 36.6 Å². The van der Waals surface area contributed by atoms with Crippen LogP contribution in [-0.2, 0) is 25.7 Å².